The molecule has 2 N–H and O–H groups in total. The van der Waals surface area contributed by atoms with Crippen LogP contribution in [0.2, 0.25) is 0 Å². The van der Waals surface area contributed by atoms with E-state index in [1.807, 2.05) is 0 Å². The van der Waals surface area contributed by atoms with Gasteiger partial charge in [-0.2, -0.15) is 0 Å². The second-order valence-electron chi connectivity index (χ2n) is 4.80. The Kier molecular flexibility index (Phi) is 4.27. The number of aliphatic carboxylic acids is 1. The number of carbonyl (C=O) groups excluding carboxylic acids is 1. The van der Waals surface area contributed by atoms with Crippen molar-refractivity contribution in [2.24, 2.45) is 5.92 Å². The van der Waals surface area contributed by atoms with Crippen LogP contribution < -0.4 is 5.32 Å². The molecule has 2 amide bonds. The number of hydrogen-bond donors (Lipinski definition) is 2. The summed E-state index contributed by atoms with van der Waals surface area (Å²) in [5, 5.41) is 11.8. The van der Waals surface area contributed by atoms with Crippen molar-refractivity contribution in [3.63, 3.8) is 0 Å². The lowest BCUT2D eigenvalue weighted by molar-refractivity contribution is -0.142. The van der Waals surface area contributed by atoms with Crippen molar-refractivity contribution in [1.29, 1.82) is 0 Å². The van der Waals surface area contributed by atoms with Gasteiger partial charge in [0.1, 0.15) is 11.9 Å². The van der Waals surface area contributed by atoms with Crippen molar-refractivity contribution in [3.8, 4) is 0 Å². The van der Waals surface area contributed by atoms with Crippen LogP contribution in [0.1, 0.15) is 13.3 Å². The zero-order chi connectivity index (χ0) is 14.9. The van der Waals surface area contributed by atoms with Crippen molar-refractivity contribution >= 4 is 33.6 Å². The molecule has 0 saturated carbocycles. The van der Waals surface area contributed by atoms with Gasteiger partial charge in [-0.3, -0.25) is 0 Å². The van der Waals surface area contributed by atoms with Crippen LogP contribution >= 0.6 is 15.9 Å². The molecule has 0 aromatic heterocycles. The number of nitrogens with one attached hydrogen (secondary N) is 1. The van der Waals surface area contributed by atoms with Gasteiger partial charge in [0.2, 0.25) is 0 Å². The molecule has 2 rings (SSSR count). The molecule has 1 heterocycles. The molecule has 1 aliphatic rings. The van der Waals surface area contributed by atoms with Crippen LogP contribution in [0.4, 0.5) is 14.9 Å². The average molecular weight is 345 g/mol. The molecule has 0 radical (unpaired) electrons. The summed E-state index contributed by atoms with van der Waals surface area (Å²) in [5.74, 6) is -1.52. The van der Waals surface area contributed by atoms with E-state index in [9.17, 15) is 19.1 Å². The quantitative estimate of drug-likeness (QED) is 0.866. The van der Waals surface area contributed by atoms with Crippen LogP contribution in [-0.2, 0) is 4.79 Å². The molecule has 1 aliphatic heterocycles. The van der Waals surface area contributed by atoms with Crippen molar-refractivity contribution in [3.05, 3.63) is 28.5 Å². The summed E-state index contributed by atoms with van der Waals surface area (Å²) in [6.45, 7) is 2.20. The number of carboxylic acids is 1. The Bertz CT molecular complexity index is 552. The van der Waals surface area contributed by atoms with Crippen molar-refractivity contribution in [2.45, 2.75) is 19.4 Å². The third kappa shape index (κ3) is 2.92. The lowest BCUT2D eigenvalue weighted by Crippen LogP contribution is -2.44. The van der Waals surface area contributed by atoms with Crippen LogP contribution in [-0.4, -0.2) is 34.6 Å². The molecule has 0 aliphatic carbocycles. The minimum Gasteiger partial charge on any atom is -0.480 e. The molecule has 0 spiro atoms. The second-order valence-corrected chi connectivity index (χ2v) is 5.65. The van der Waals surface area contributed by atoms with Gasteiger partial charge in [0.15, 0.2) is 0 Å². The normalized spacial score (nSPS) is 21.9. The first-order valence-electron chi connectivity index (χ1n) is 6.15. The molecule has 2 unspecified atom stereocenters. The number of amides is 2. The molecule has 0 bridgehead atoms. The molecule has 108 valence electrons. The summed E-state index contributed by atoms with van der Waals surface area (Å²) >= 11 is 3.15. The maximum atomic E-state index is 13.0. The van der Waals surface area contributed by atoms with E-state index in [-0.39, 0.29) is 5.92 Å². The molecule has 1 saturated heterocycles. The highest BCUT2D eigenvalue weighted by atomic mass is 79.9. The number of halogens is 2. The Hall–Kier alpha value is -1.63. The maximum absolute atomic E-state index is 13.0. The lowest BCUT2D eigenvalue weighted by Gasteiger charge is -2.23. The maximum Gasteiger partial charge on any atom is 0.326 e. The monoisotopic (exact) mass is 344 g/mol. The first-order valence-corrected chi connectivity index (χ1v) is 6.95. The molecule has 1 aromatic rings. The van der Waals surface area contributed by atoms with Gasteiger partial charge in [-0.25, -0.2) is 14.0 Å². The summed E-state index contributed by atoms with van der Waals surface area (Å²) in [7, 11) is 0. The van der Waals surface area contributed by atoms with Gasteiger partial charge < -0.3 is 15.3 Å². The number of hydrogen-bond acceptors (Lipinski definition) is 2. The Morgan fingerprint density at radius 1 is 1.50 bits per heavy atom. The fourth-order valence-electron chi connectivity index (χ4n) is 2.33. The molecule has 5 nitrogen and oxygen atoms in total. The van der Waals surface area contributed by atoms with E-state index in [2.05, 4.69) is 21.2 Å². The number of carboxylic acid groups (broad SMARTS) is 1. The second kappa shape index (κ2) is 5.78. The first-order chi connectivity index (χ1) is 9.40. The SMILES string of the molecule is CC1CCN(C(=O)Nc2ccc(F)cc2Br)C1C(=O)O. The van der Waals surface area contributed by atoms with Gasteiger partial charge in [-0.05, 0) is 46.5 Å². The van der Waals surface area contributed by atoms with Gasteiger partial charge in [0.05, 0.1) is 5.69 Å². The predicted molar refractivity (Wildman–Crippen MR) is 75.0 cm³/mol. The highest BCUT2D eigenvalue weighted by Crippen LogP contribution is 2.27. The molecule has 1 aromatic carbocycles. The van der Waals surface area contributed by atoms with E-state index in [0.29, 0.717) is 23.1 Å². The Balaban J connectivity index is 2.14. The number of benzene rings is 1. The first kappa shape index (κ1) is 14.8. The van der Waals surface area contributed by atoms with Crippen LogP contribution in [0.3, 0.4) is 0 Å². The lowest BCUT2D eigenvalue weighted by atomic mass is 10.0. The number of anilines is 1. The van der Waals surface area contributed by atoms with Gasteiger partial charge in [0.25, 0.3) is 0 Å². The smallest absolute Gasteiger partial charge is 0.326 e. The van der Waals surface area contributed by atoms with Crippen LogP contribution in [0.5, 0.6) is 0 Å². The number of urea groups is 1. The van der Waals surface area contributed by atoms with Crippen LogP contribution in [0, 0.1) is 11.7 Å². The predicted octanol–water partition coefficient (Wildman–Crippen LogP) is 2.92. The van der Waals surface area contributed by atoms with Gasteiger partial charge in [-0.15, -0.1) is 0 Å². The Labute approximate surface area is 123 Å². The molecule has 7 heteroatoms. The number of likely N-dealkylation sites (tertiary alicyclic amines) is 1. The average Bonchev–Trinajstić information content (AvgIpc) is 2.74. The number of rotatable bonds is 2. The van der Waals surface area contributed by atoms with Crippen LogP contribution in [0.15, 0.2) is 22.7 Å². The topological polar surface area (TPSA) is 69.6 Å². The largest absolute Gasteiger partial charge is 0.480 e. The van der Waals surface area contributed by atoms with Crippen molar-refractivity contribution in [2.75, 3.05) is 11.9 Å². The number of carbonyl (C=O) groups is 2. The van der Waals surface area contributed by atoms with Crippen molar-refractivity contribution in [1.82, 2.24) is 4.90 Å². The summed E-state index contributed by atoms with van der Waals surface area (Å²) in [6.07, 6.45) is 0.648. The van der Waals surface area contributed by atoms with E-state index in [0.717, 1.165) is 0 Å². The highest BCUT2D eigenvalue weighted by Gasteiger charge is 2.39. The zero-order valence-electron chi connectivity index (χ0n) is 10.8. The van der Waals surface area contributed by atoms with E-state index < -0.39 is 23.9 Å². The number of nitrogens with zero attached hydrogens (tertiary/aromatic N) is 1. The molecule has 20 heavy (non-hydrogen) atoms. The minimum absolute atomic E-state index is 0.0880. The summed E-state index contributed by atoms with van der Waals surface area (Å²) in [6, 6.07) is 2.56. The van der Waals surface area contributed by atoms with E-state index in [1.54, 1.807) is 6.92 Å². The van der Waals surface area contributed by atoms with Gasteiger partial charge in [0, 0.05) is 11.0 Å². The fraction of sp³-hybridized carbons (Fsp3) is 0.385. The highest BCUT2D eigenvalue weighted by molar-refractivity contribution is 9.10. The van der Waals surface area contributed by atoms with E-state index in [1.165, 1.54) is 23.1 Å². The van der Waals surface area contributed by atoms with E-state index >= 15 is 0 Å². The van der Waals surface area contributed by atoms with Crippen LogP contribution in [0.25, 0.3) is 0 Å². The molecular formula is C13H14BrFN2O3. The molecule has 2 atom stereocenters. The Morgan fingerprint density at radius 2 is 2.20 bits per heavy atom. The third-order valence-electron chi connectivity index (χ3n) is 3.39. The van der Waals surface area contributed by atoms with E-state index in [4.69, 9.17) is 0 Å². The molecular weight excluding hydrogens is 331 g/mol. The standard InChI is InChI=1S/C13H14BrFN2O3/c1-7-4-5-17(11(7)12(18)19)13(20)16-10-3-2-8(15)6-9(10)14/h2-3,6-7,11H,4-5H2,1H3,(H,16,20)(H,18,19). The summed E-state index contributed by atoms with van der Waals surface area (Å²) in [4.78, 5) is 24.7. The van der Waals surface area contributed by atoms with Gasteiger partial charge >= 0.3 is 12.0 Å². The minimum atomic E-state index is -1.01. The zero-order valence-corrected chi connectivity index (χ0v) is 12.4. The summed E-state index contributed by atoms with van der Waals surface area (Å²) in [5.41, 5.74) is 0.403. The third-order valence-corrected chi connectivity index (χ3v) is 4.04. The van der Waals surface area contributed by atoms with Crippen molar-refractivity contribution < 1.29 is 19.1 Å². The van der Waals surface area contributed by atoms with Gasteiger partial charge in [-0.1, -0.05) is 6.92 Å². The summed E-state index contributed by atoms with van der Waals surface area (Å²) < 4.78 is 13.4. The Morgan fingerprint density at radius 3 is 2.80 bits per heavy atom. The fourth-order valence-corrected chi connectivity index (χ4v) is 2.78. The molecule has 1 fully saturated rings.